The molecule has 0 radical (unpaired) electrons. The van der Waals surface area contributed by atoms with Crippen molar-refractivity contribution < 1.29 is 27.8 Å². The summed E-state index contributed by atoms with van der Waals surface area (Å²) in [4.78, 5) is 15.0. The van der Waals surface area contributed by atoms with Crippen LogP contribution in [0.1, 0.15) is 29.7 Å². The summed E-state index contributed by atoms with van der Waals surface area (Å²) < 4.78 is 40.5. The van der Waals surface area contributed by atoms with Crippen LogP contribution in [0.25, 0.3) is 6.08 Å². The van der Waals surface area contributed by atoms with Gasteiger partial charge in [0, 0.05) is 25.7 Å². The zero-order valence-electron chi connectivity index (χ0n) is 18.9. The van der Waals surface area contributed by atoms with Gasteiger partial charge in [0.15, 0.2) is 11.5 Å². The van der Waals surface area contributed by atoms with Gasteiger partial charge in [-0.05, 0) is 43.2 Å². The molecule has 0 aliphatic carbocycles. The second kappa shape index (κ2) is 12.3. The van der Waals surface area contributed by atoms with E-state index >= 15 is 0 Å². The molecule has 1 fully saturated rings. The molecule has 1 heterocycles. The molecule has 8 heteroatoms. The summed E-state index contributed by atoms with van der Waals surface area (Å²) in [5, 5.41) is 3.08. The first-order valence-electron chi connectivity index (χ1n) is 11.0. The molecule has 2 aromatic rings. The second-order valence-corrected chi connectivity index (χ2v) is 7.74. The summed E-state index contributed by atoms with van der Waals surface area (Å²) in [7, 11) is 0. The number of rotatable bonds is 10. The van der Waals surface area contributed by atoms with E-state index in [9.17, 15) is 13.6 Å². The maximum atomic E-state index is 12.7. The van der Waals surface area contributed by atoms with Crippen molar-refractivity contribution in [3.8, 4) is 11.5 Å². The highest BCUT2D eigenvalue weighted by Crippen LogP contribution is 2.30. The molecule has 6 nitrogen and oxygen atoms in total. The van der Waals surface area contributed by atoms with Crippen molar-refractivity contribution in [3.05, 3.63) is 65.2 Å². The molecule has 0 unspecified atom stereocenters. The second-order valence-electron chi connectivity index (χ2n) is 7.74. The summed E-state index contributed by atoms with van der Waals surface area (Å²) in [5.74, 6) is -0.0942. The number of nitrogens with one attached hydrogen (secondary N) is 1. The number of morpholine rings is 1. The predicted octanol–water partition coefficient (Wildman–Crippen LogP) is 4.20. The van der Waals surface area contributed by atoms with Gasteiger partial charge in [-0.2, -0.15) is 8.78 Å². The summed E-state index contributed by atoms with van der Waals surface area (Å²) in [6.07, 6.45) is 3.05. The molecule has 1 saturated heterocycles. The molecule has 1 aliphatic heterocycles. The van der Waals surface area contributed by atoms with Gasteiger partial charge in [-0.15, -0.1) is 0 Å². The van der Waals surface area contributed by atoms with Crippen LogP contribution in [-0.2, 0) is 9.53 Å². The topological polar surface area (TPSA) is 60.0 Å². The highest BCUT2D eigenvalue weighted by atomic mass is 19.3. The van der Waals surface area contributed by atoms with Crippen molar-refractivity contribution in [3.63, 3.8) is 0 Å². The first-order valence-corrected chi connectivity index (χ1v) is 11.0. The van der Waals surface area contributed by atoms with Gasteiger partial charge in [0.2, 0.25) is 5.91 Å². The molecule has 178 valence electrons. The Kier molecular flexibility index (Phi) is 9.21. The van der Waals surface area contributed by atoms with Crippen LogP contribution < -0.4 is 14.8 Å². The average molecular weight is 461 g/mol. The lowest BCUT2D eigenvalue weighted by molar-refractivity contribution is -0.117. The minimum atomic E-state index is -2.94. The van der Waals surface area contributed by atoms with Crippen molar-refractivity contribution in [2.45, 2.75) is 26.5 Å². The Balaban J connectivity index is 1.70. The monoisotopic (exact) mass is 460 g/mol. The quantitative estimate of drug-likeness (QED) is 0.539. The summed E-state index contributed by atoms with van der Waals surface area (Å²) in [6.45, 7) is 4.82. The number of hydrogen-bond donors (Lipinski definition) is 1. The Morgan fingerprint density at radius 3 is 2.55 bits per heavy atom. The lowest BCUT2D eigenvalue weighted by atomic mass is 10.0. The number of aryl methyl sites for hydroxylation is 1. The fourth-order valence-corrected chi connectivity index (χ4v) is 3.56. The molecule has 1 N–H and O–H groups in total. The molecule has 2 aromatic carbocycles. The van der Waals surface area contributed by atoms with Crippen molar-refractivity contribution >= 4 is 12.0 Å². The van der Waals surface area contributed by atoms with E-state index in [0.717, 1.165) is 24.2 Å². The van der Waals surface area contributed by atoms with Gasteiger partial charge in [0.1, 0.15) is 0 Å². The third kappa shape index (κ3) is 7.83. The van der Waals surface area contributed by atoms with Crippen LogP contribution in [0.4, 0.5) is 8.78 Å². The third-order valence-corrected chi connectivity index (χ3v) is 5.25. The Morgan fingerprint density at radius 1 is 1.15 bits per heavy atom. The highest BCUT2D eigenvalue weighted by molar-refractivity contribution is 5.92. The zero-order valence-corrected chi connectivity index (χ0v) is 18.9. The largest absolute Gasteiger partial charge is 0.490 e. The van der Waals surface area contributed by atoms with Gasteiger partial charge in [0.05, 0.1) is 25.9 Å². The van der Waals surface area contributed by atoms with Crippen LogP contribution >= 0.6 is 0 Å². The minimum absolute atomic E-state index is 0.0432. The van der Waals surface area contributed by atoms with Gasteiger partial charge in [0.25, 0.3) is 0 Å². The molecular formula is C25H30F2N2O4. The Morgan fingerprint density at radius 2 is 1.88 bits per heavy atom. The fourth-order valence-electron chi connectivity index (χ4n) is 3.56. The van der Waals surface area contributed by atoms with Gasteiger partial charge < -0.3 is 19.5 Å². The SMILES string of the molecule is CCOc1cc(/C=C/C(=O)N[C@@H](CN2CCOCC2)c2ccc(C)cc2)ccc1OC(F)F. The first-order chi connectivity index (χ1) is 15.9. The van der Waals surface area contributed by atoms with Crippen LogP contribution in [0.3, 0.4) is 0 Å². The van der Waals surface area contributed by atoms with Crippen molar-refractivity contribution in [1.29, 1.82) is 0 Å². The first kappa shape index (κ1) is 24.7. The Labute approximate surface area is 193 Å². The van der Waals surface area contributed by atoms with E-state index in [1.807, 2.05) is 31.2 Å². The van der Waals surface area contributed by atoms with Gasteiger partial charge >= 0.3 is 6.61 Å². The summed E-state index contributed by atoms with van der Waals surface area (Å²) >= 11 is 0. The van der Waals surface area contributed by atoms with Crippen molar-refractivity contribution in [1.82, 2.24) is 10.2 Å². The van der Waals surface area contributed by atoms with Crippen LogP contribution in [0.5, 0.6) is 11.5 Å². The molecule has 3 rings (SSSR count). The van der Waals surface area contributed by atoms with Gasteiger partial charge in [-0.3, -0.25) is 9.69 Å². The van der Waals surface area contributed by atoms with E-state index in [0.29, 0.717) is 31.9 Å². The number of ether oxygens (including phenoxy) is 3. The zero-order chi connectivity index (χ0) is 23.6. The van der Waals surface area contributed by atoms with E-state index in [1.165, 1.54) is 12.1 Å². The number of carbonyl (C=O) groups is 1. The molecule has 33 heavy (non-hydrogen) atoms. The molecular weight excluding hydrogens is 430 g/mol. The molecule has 0 bridgehead atoms. The molecule has 0 spiro atoms. The third-order valence-electron chi connectivity index (χ3n) is 5.25. The molecule has 1 amide bonds. The smallest absolute Gasteiger partial charge is 0.387 e. The van der Waals surface area contributed by atoms with Crippen LogP contribution in [0.2, 0.25) is 0 Å². The number of halogens is 2. The number of alkyl halides is 2. The lowest BCUT2D eigenvalue weighted by Gasteiger charge is -2.31. The van der Waals surface area contributed by atoms with Crippen molar-refractivity contribution in [2.24, 2.45) is 0 Å². The maximum absolute atomic E-state index is 12.7. The fraction of sp³-hybridized carbons (Fsp3) is 0.400. The number of nitrogens with zero attached hydrogens (tertiary/aromatic N) is 1. The number of hydrogen-bond acceptors (Lipinski definition) is 5. The van der Waals surface area contributed by atoms with Crippen LogP contribution in [-0.4, -0.2) is 56.9 Å². The van der Waals surface area contributed by atoms with Crippen LogP contribution in [0.15, 0.2) is 48.5 Å². The molecule has 1 aliphatic rings. The van der Waals surface area contributed by atoms with E-state index in [2.05, 4.69) is 15.0 Å². The molecule has 0 saturated carbocycles. The average Bonchev–Trinajstić information content (AvgIpc) is 2.80. The van der Waals surface area contributed by atoms with E-state index < -0.39 is 6.61 Å². The lowest BCUT2D eigenvalue weighted by Crippen LogP contribution is -2.42. The molecule has 0 aromatic heterocycles. The predicted molar refractivity (Wildman–Crippen MR) is 123 cm³/mol. The van der Waals surface area contributed by atoms with Gasteiger partial charge in [-0.1, -0.05) is 35.9 Å². The van der Waals surface area contributed by atoms with E-state index in [4.69, 9.17) is 9.47 Å². The number of amides is 1. The maximum Gasteiger partial charge on any atom is 0.387 e. The van der Waals surface area contributed by atoms with E-state index in [-0.39, 0.29) is 23.4 Å². The Hall–Kier alpha value is -2.97. The van der Waals surface area contributed by atoms with Crippen LogP contribution in [0, 0.1) is 6.92 Å². The van der Waals surface area contributed by atoms with Gasteiger partial charge in [-0.25, -0.2) is 0 Å². The number of carbonyl (C=O) groups excluding carboxylic acids is 1. The normalized spacial score (nSPS) is 15.5. The summed E-state index contributed by atoms with van der Waals surface area (Å²) in [6, 6.07) is 12.5. The standard InChI is InChI=1S/C25H30F2N2O4/c1-3-32-23-16-19(6-10-22(23)33-25(26)27)7-11-24(30)28-21(17-29-12-14-31-15-13-29)20-8-4-18(2)5-9-20/h4-11,16,21,25H,3,12-15,17H2,1-2H3,(H,28,30)/b11-7+/t21-/m0/s1. The molecule has 1 atom stereocenters. The van der Waals surface area contributed by atoms with Crippen molar-refractivity contribution in [2.75, 3.05) is 39.5 Å². The van der Waals surface area contributed by atoms with E-state index in [1.54, 1.807) is 25.1 Å². The minimum Gasteiger partial charge on any atom is -0.490 e. The highest BCUT2D eigenvalue weighted by Gasteiger charge is 2.19. The number of benzene rings is 2. The Bertz CT molecular complexity index is 929. The summed E-state index contributed by atoms with van der Waals surface area (Å²) in [5.41, 5.74) is 2.82.